The first-order valence-corrected chi connectivity index (χ1v) is 14.0. The Morgan fingerprint density at radius 2 is 1.68 bits per heavy atom. The third kappa shape index (κ3) is 4.16. The van der Waals surface area contributed by atoms with E-state index in [4.69, 9.17) is 9.47 Å². The Balaban J connectivity index is 1.20. The number of carbonyl (C=O) groups excluding carboxylic acids is 1. The van der Waals surface area contributed by atoms with Gasteiger partial charge in [-0.2, -0.15) is 4.31 Å². The second-order valence-corrected chi connectivity index (χ2v) is 12.0. The van der Waals surface area contributed by atoms with Gasteiger partial charge in [0.25, 0.3) is 0 Å². The molecule has 192 valence electrons. The van der Waals surface area contributed by atoms with Crippen LogP contribution in [0.4, 0.5) is 5.82 Å². The molecule has 0 spiro atoms. The third-order valence-electron chi connectivity index (χ3n) is 7.70. The van der Waals surface area contributed by atoms with E-state index >= 15 is 0 Å². The molecule has 2 fully saturated rings. The van der Waals surface area contributed by atoms with Crippen LogP contribution < -0.4 is 14.8 Å². The molecule has 3 aliphatic rings. The first-order valence-electron chi connectivity index (χ1n) is 12.6. The molecule has 1 amide bonds. The van der Waals surface area contributed by atoms with E-state index in [0.29, 0.717) is 23.0 Å². The number of hydrogen-bond acceptors (Lipinski definition) is 6. The highest BCUT2D eigenvalue weighted by atomic mass is 32.2. The Morgan fingerprint density at radius 1 is 0.973 bits per heavy atom. The number of benzene rings is 2. The van der Waals surface area contributed by atoms with Gasteiger partial charge in [-0.15, -0.1) is 0 Å². The van der Waals surface area contributed by atoms with Crippen LogP contribution in [0.1, 0.15) is 45.1 Å². The maximum atomic E-state index is 13.3. The number of nitrogens with one attached hydrogen (secondary N) is 1. The lowest BCUT2D eigenvalue weighted by Crippen LogP contribution is -2.38. The molecule has 2 aromatic carbocycles. The summed E-state index contributed by atoms with van der Waals surface area (Å²) >= 11 is 0. The summed E-state index contributed by atoms with van der Waals surface area (Å²) in [6, 6.07) is 17.9. The standard InChI is InChI=1S/C28H29N3O5S/c1-18-6-7-19(2)31(18)37(33,34)22-11-8-20(9-12-22)23-4-3-5-26(29-23)30-27(32)28(14-15-28)21-10-13-24-25(16-21)36-17-35-24/h3-5,8-13,16,18-19H,6-7,14-15,17H2,1-2H3,(H,29,30,32). The van der Waals surface area contributed by atoms with Gasteiger partial charge >= 0.3 is 0 Å². The van der Waals surface area contributed by atoms with Crippen molar-refractivity contribution in [3.8, 4) is 22.8 Å². The minimum Gasteiger partial charge on any atom is -0.454 e. The van der Waals surface area contributed by atoms with Crippen molar-refractivity contribution < 1.29 is 22.7 Å². The van der Waals surface area contributed by atoms with Crippen LogP contribution in [0, 0.1) is 0 Å². The van der Waals surface area contributed by atoms with Crippen LogP contribution in [0.5, 0.6) is 11.5 Å². The Kier molecular flexibility index (Phi) is 5.72. The summed E-state index contributed by atoms with van der Waals surface area (Å²) in [4.78, 5) is 18.2. The van der Waals surface area contributed by atoms with Gasteiger partial charge in [-0.3, -0.25) is 4.79 Å². The van der Waals surface area contributed by atoms with Gasteiger partial charge in [0.15, 0.2) is 11.5 Å². The molecule has 37 heavy (non-hydrogen) atoms. The van der Waals surface area contributed by atoms with Crippen LogP contribution in [0.15, 0.2) is 65.6 Å². The second kappa shape index (κ2) is 8.85. The minimum atomic E-state index is -3.56. The molecule has 1 aliphatic carbocycles. The maximum Gasteiger partial charge on any atom is 0.243 e. The zero-order valence-electron chi connectivity index (χ0n) is 20.8. The highest BCUT2D eigenvalue weighted by Crippen LogP contribution is 2.51. The lowest BCUT2D eigenvalue weighted by molar-refractivity contribution is -0.118. The van der Waals surface area contributed by atoms with Crippen LogP contribution in [-0.2, 0) is 20.2 Å². The molecule has 2 aliphatic heterocycles. The number of amides is 1. The van der Waals surface area contributed by atoms with Crippen LogP contribution in [0.25, 0.3) is 11.3 Å². The van der Waals surface area contributed by atoms with Crippen LogP contribution in [0.3, 0.4) is 0 Å². The van der Waals surface area contributed by atoms with Gasteiger partial charge in [-0.05, 0) is 81.5 Å². The van der Waals surface area contributed by atoms with Gasteiger partial charge in [0.1, 0.15) is 5.82 Å². The molecule has 1 saturated carbocycles. The van der Waals surface area contributed by atoms with Crippen molar-refractivity contribution in [2.45, 2.75) is 61.9 Å². The first kappa shape index (κ1) is 23.9. The summed E-state index contributed by atoms with van der Waals surface area (Å²) in [6.45, 7) is 4.10. The van der Waals surface area contributed by atoms with Gasteiger partial charge in [-0.1, -0.05) is 24.3 Å². The molecule has 1 aromatic heterocycles. The van der Waals surface area contributed by atoms with Gasteiger partial charge in [-0.25, -0.2) is 13.4 Å². The van der Waals surface area contributed by atoms with Crippen molar-refractivity contribution in [1.29, 1.82) is 0 Å². The highest BCUT2D eigenvalue weighted by molar-refractivity contribution is 7.89. The van der Waals surface area contributed by atoms with Crippen molar-refractivity contribution in [3.63, 3.8) is 0 Å². The predicted molar refractivity (Wildman–Crippen MR) is 139 cm³/mol. The monoisotopic (exact) mass is 519 g/mol. The number of hydrogen-bond donors (Lipinski definition) is 1. The highest BCUT2D eigenvalue weighted by Gasteiger charge is 2.51. The fourth-order valence-electron chi connectivity index (χ4n) is 5.43. The Hall–Kier alpha value is -3.43. The first-order chi connectivity index (χ1) is 17.8. The van der Waals surface area contributed by atoms with Crippen LogP contribution >= 0.6 is 0 Å². The van der Waals surface area contributed by atoms with Crippen molar-refractivity contribution in [2.75, 3.05) is 12.1 Å². The van der Waals surface area contributed by atoms with E-state index in [1.54, 1.807) is 34.6 Å². The SMILES string of the molecule is CC1CCC(C)N1S(=O)(=O)c1ccc(-c2cccc(NC(=O)C3(c4ccc5c(c4)OCO5)CC3)n2)cc1. The number of fused-ring (bicyclic) bond motifs is 1. The predicted octanol–water partition coefficient (Wildman–Crippen LogP) is 4.71. The molecule has 8 nitrogen and oxygen atoms in total. The molecule has 1 saturated heterocycles. The van der Waals surface area contributed by atoms with Crippen molar-refractivity contribution in [2.24, 2.45) is 0 Å². The lowest BCUT2D eigenvalue weighted by Gasteiger charge is -2.25. The summed E-state index contributed by atoms with van der Waals surface area (Å²) in [6.07, 6.45) is 3.25. The van der Waals surface area contributed by atoms with Gasteiger partial charge in [0, 0.05) is 17.6 Å². The van der Waals surface area contributed by atoms with Crippen LogP contribution in [-0.4, -0.2) is 42.5 Å². The van der Waals surface area contributed by atoms with E-state index in [0.717, 1.165) is 36.8 Å². The number of anilines is 1. The zero-order chi connectivity index (χ0) is 25.8. The Labute approximate surface area is 216 Å². The molecule has 0 radical (unpaired) electrons. The molecule has 6 rings (SSSR count). The smallest absolute Gasteiger partial charge is 0.243 e. The Morgan fingerprint density at radius 3 is 2.38 bits per heavy atom. The fraction of sp³-hybridized carbons (Fsp3) is 0.357. The van der Waals surface area contributed by atoms with E-state index in [1.165, 1.54) is 0 Å². The van der Waals surface area contributed by atoms with Crippen LogP contribution in [0.2, 0.25) is 0 Å². The molecule has 2 atom stereocenters. The van der Waals surface area contributed by atoms with Crippen molar-refractivity contribution in [1.82, 2.24) is 9.29 Å². The fourth-order valence-corrected chi connectivity index (χ4v) is 7.31. The van der Waals surface area contributed by atoms with E-state index < -0.39 is 15.4 Å². The summed E-state index contributed by atoms with van der Waals surface area (Å²) in [5, 5.41) is 2.98. The normalized spacial score (nSPS) is 22.1. The lowest BCUT2D eigenvalue weighted by atomic mass is 9.94. The van der Waals surface area contributed by atoms with Crippen molar-refractivity contribution in [3.05, 3.63) is 66.2 Å². The molecule has 1 N–H and O–H groups in total. The van der Waals surface area contributed by atoms with Gasteiger partial charge in [0.05, 0.1) is 16.0 Å². The summed E-state index contributed by atoms with van der Waals surface area (Å²) in [7, 11) is -3.56. The van der Waals surface area contributed by atoms with Gasteiger partial charge < -0.3 is 14.8 Å². The second-order valence-electron chi connectivity index (χ2n) is 10.1. The average Bonchev–Trinajstić information content (AvgIpc) is 3.45. The van der Waals surface area contributed by atoms with E-state index in [1.807, 2.05) is 44.2 Å². The number of carbonyl (C=O) groups is 1. The molecule has 3 aromatic rings. The number of rotatable bonds is 6. The zero-order valence-corrected chi connectivity index (χ0v) is 21.6. The molecule has 2 unspecified atom stereocenters. The van der Waals surface area contributed by atoms with E-state index in [-0.39, 0.29) is 29.7 Å². The van der Waals surface area contributed by atoms with E-state index in [2.05, 4.69) is 10.3 Å². The largest absolute Gasteiger partial charge is 0.454 e. The third-order valence-corrected chi connectivity index (χ3v) is 9.84. The Bertz CT molecular complexity index is 1460. The number of nitrogens with zero attached hydrogens (tertiary/aromatic N) is 2. The molecular formula is C28H29N3O5S. The minimum absolute atomic E-state index is 0.00550. The van der Waals surface area contributed by atoms with Gasteiger partial charge in [0.2, 0.25) is 22.7 Å². The maximum absolute atomic E-state index is 13.3. The molecule has 0 bridgehead atoms. The topological polar surface area (TPSA) is 97.8 Å². The molecule has 3 heterocycles. The number of pyridine rings is 1. The summed E-state index contributed by atoms with van der Waals surface area (Å²) in [5.41, 5.74) is 1.73. The average molecular weight is 520 g/mol. The van der Waals surface area contributed by atoms with E-state index in [9.17, 15) is 13.2 Å². The molecule has 9 heteroatoms. The summed E-state index contributed by atoms with van der Waals surface area (Å²) in [5.74, 6) is 1.70. The molecular weight excluding hydrogens is 490 g/mol. The summed E-state index contributed by atoms with van der Waals surface area (Å²) < 4.78 is 38.9. The van der Waals surface area contributed by atoms with Crippen molar-refractivity contribution >= 4 is 21.7 Å². The quantitative estimate of drug-likeness (QED) is 0.507. The number of aromatic nitrogens is 1. The number of sulfonamides is 1. The number of ether oxygens (including phenoxy) is 2.